The third-order valence-corrected chi connectivity index (χ3v) is 4.05. The molecular formula is C13H16ClNO. The van der Waals surface area contributed by atoms with E-state index in [9.17, 15) is 0 Å². The van der Waals surface area contributed by atoms with Crippen molar-refractivity contribution >= 4 is 17.3 Å². The molecule has 0 radical (unpaired) electrons. The second kappa shape index (κ2) is 4.27. The van der Waals surface area contributed by atoms with Gasteiger partial charge in [0.05, 0.1) is 17.3 Å². The first-order valence-corrected chi connectivity index (χ1v) is 6.34. The summed E-state index contributed by atoms with van der Waals surface area (Å²) in [6.07, 6.45) is 2.39. The lowest BCUT2D eigenvalue weighted by Crippen LogP contribution is -2.23. The Balaban J connectivity index is 1.96. The number of hydrogen-bond donors (Lipinski definition) is 1. The lowest BCUT2D eigenvalue weighted by Gasteiger charge is -2.30. The van der Waals surface area contributed by atoms with Crippen molar-refractivity contribution in [3.8, 4) is 0 Å². The molecule has 86 valence electrons. The summed E-state index contributed by atoms with van der Waals surface area (Å²) >= 11 is 6.22. The molecule has 2 unspecified atom stereocenters. The van der Waals surface area contributed by atoms with Crippen LogP contribution in [0.4, 0.5) is 5.69 Å². The number of hydrogen-bond acceptors (Lipinski definition) is 2. The highest BCUT2D eigenvalue weighted by molar-refractivity contribution is 6.33. The third-order valence-electron chi connectivity index (χ3n) is 3.74. The lowest BCUT2D eigenvalue weighted by atomic mass is 9.80. The minimum absolute atomic E-state index is 0.623. The van der Waals surface area contributed by atoms with Crippen LogP contribution in [0, 0.1) is 5.92 Å². The van der Waals surface area contributed by atoms with Crippen molar-refractivity contribution in [2.24, 2.45) is 5.92 Å². The lowest BCUT2D eigenvalue weighted by molar-refractivity contribution is 0.179. The number of anilines is 1. The van der Waals surface area contributed by atoms with Gasteiger partial charge in [0, 0.05) is 13.2 Å². The Labute approximate surface area is 101 Å². The number of ether oxygens (including phenoxy) is 1. The van der Waals surface area contributed by atoms with Gasteiger partial charge in [-0.2, -0.15) is 0 Å². The van der Waals surface area contributed by atoms with Gasteiger partial charge in [0.25, 0.3) is 0 Å². The molecule has 1 aromatic carbocycles. The van der Waals surface area contributed by atoms with Crippen LogP contribution in [0.25, 0.3) is 0 Å². The highest BCUT2D eigenvalue weighted by atomic mass is 35.5. The van der Waals surface area contributed by atoms with Crippen LogP contribution in [0.2, 0.25) is 5.02 Å². The van der Waals surface area contributed by atoms with E-state index in [0.29, 0.717) is 11.8 Å². The predicted molar refractivity (Wildman–Crippen MR) is 66.2 cm³/mol. The highest BCUT2D eigenvalue weighted by Gasteiger charge is 2.31. The average Bonchev–Trinajstić information content (AvgIpc) is 2.82. The fraction of sp³-hybridized carbons (Fsp3) is 0.538. The summed E-state index contributed by atoms with van der Waals surface area (Å²) in [6.45, 7) is 2.86. The summed E-state index contributed by atoms with van der Waals surface area (Å²) in [5.74, 6) is 1.30. The van der Waals surface area contributed by atoms with Crippen LogP contribution in [-0.4, -0.2) is 19.8 Å². The van der Waals surface area contributed by atoms with Gasteiger partial charge < -0.3 is 10.1 Å². The maximum absolute atomic E-state index is 6.22. The number of rotatable bonds is 1. The molecule has 3 heteroatoms. The fourth-order valence-electron chi connectivity index (χ4n) is 2.90. The second-order valence-corrected chi connectivity index (χ2v) is 5.06. The van der Waals surface area contributed by atoms with Gasteiger partial charge in [-0.25, -0.2) is 0 Å². The van der Waals surface area contributed by atoms with Crippen LogP contribution in [0.5, 0.6) is 0 Å². The van der Waals surface area contributed by atoms with Gasteiger partial charge in [-0.05, 0) is 36.3 Å². The van der Waals surface area contributed by atoms with Crippen molar-refractivity contribution < 1.29 is 4.74 Å². The number of halogens is 1. The van der Waals surface area contributed by atoms with Crippen molar-refractivity contribution in [3.63, 3.8) is 0 Å². The Kier molecular flexibility index (Phi) is 2.78. The Morgan fingerprint density at radius 3 is 3.06 bits per heavy atom. The van der Waals surface area contributed by atoms with E-state index in [-0.39, 0.29) is 0 Å². The van der Waals surface area contributed by atoms with Gasteiger partial charge in [0.2, 0.25) is 0 Å². The molecule has 16 heavy (non-hydrogen) atoms. The van der Waals surface area contributed by atoms with Gasteiger partial charge in [-0.1, -0.05) is 23.7 Å². The highest BCUT2D eigenvalue weighted by Crippen LogP contribution is 2.42. The Hall–Kier alpha value is -0.730. The van der Waals surface area contributed by atoms with Crippen LogP contribution in [0.3, 0.4) is 0 Å². The van der Waals surface area contributed by atoms with Gasteiger partial charge in [-0.3, -0.25) is 0 Å². The summed E-state index contributed by atoms with van der Waals surface area (Å²) in [6, 6.07) is 6.22. The van der Waals surface area contributed by atoms with Crippen LogP contribution >= 0.6 is 11.6 Å². The van der Waals surface area contributed by atoms with E-state index in [0.717, 1.165) is 30.5 Å². The molecular weight excluding hydrogens is 222 g/mol. The monoisotopic (exact) mass is 237 g/mol. The molecule has 3 rings (SSSR count). The van der Waals surface area contributed by atoms with Crippen molar-refractivity contribution in [3.05, 3.63) is 28.8 Å². The number of benzene rings is 1. The van der Waals surface area contributed by atoms with E-state index in [1.54, 1.807) is 0 Å². The molecule has 0 amide bonds. The summed E-state index contributed by atoms with van der Waals surface area (Å²) in [5.41, 5.74) is 2.53. The Morgan fingerprint density at radius 2 is 2.25 bits per heavy atom. The molecule has 0 saturated carbocycles. The predicted octanol–water partition coefficient (Wildman–Crippen LogP) is 3.28. The molecule has 2 aliphatic rings. The number of nitrogens with one attached hydrogen (secondary N) is 1. The summed E-state index contributed by atoms with van der Waals surface area (Å²) in [5, 5.41) is 4.26. The van der Waals surface area contributed by atoms with Crippen molar-refractivity contribution in [1.82, 2.24) is 0 Å². The van der Waals surface area contributed by atoms with Gasteiger partial charge >= 0.3 is 0 Å². The molecule has 0 aliphatic carbocycles. The minimum Gasteiger partial charge on any atom is -0.384 e. The van der Waals surface area contributed by atoms with Crippen molar-refractivity contribution in [2.45, 2.75) is 18.8 Å². The van der Waals surface area contributed by atoms with E-state index in [1.165, 1.54) is 18.4 Å². The molecule has 1 fully saturated rings. The van der Waals surface area contributed by atoms with Gasteiger partial charge in [0.1, 0.15) is 0 Å². The fourth-order valence-corrected chi connectivity index (χ4v) is 3.15. The molecule has 0 aromatic heterocycles. The molecule has 2 aliphatic heterocycles. The standard InChI is InChI=1S/C13H16ClNO/c14-12-3-1-2-11-10(4-6-15-13(11)12)9-5-7-16-8-9/h1-3,9-10,15H,4-8H2. The third kappa shape index (κ3) is 1.70. The average molecular weight is 238 g/mol. The zero-order valence-corrected chi connectivity index (χ0v) is 9.96. The molecule has 2 atom stereocenters. The molecule has 2 nitrogen and oxygen atoms in total. The molecule has 0 bridgehead atoms. The molecule has 1 aromatic rings. The Morgan fingerprint density at radius 1 is 1.31 bits per heavy atom. The zero-order chi connectivity index (χ0) is 11.0. The van der Waals surface area contributed by atoms with Crippen LogP contribution in [0.15, 0.2) is 18.2 Å². The normalized spacial score (nSPS) is 28.6. The van der Waals surface area contributed by atoms with Crippen LogP contribution in [0.1, 0.15) is 24.3 Å². The molecule has 1 N–H and O–H groups in total. The maximum Gasteiger partial charge on any atom is 0.0640 e. The first kappa shape index (κ1) is 10.4. The molecule has 0 spiro atoms. The first-order valence-electron chi connectivity index (χ1n) is 5.96. The zero-order valence-electron chi connectivity index (χ0n) is 9.21. The minimum atomic E-state index is 0.623. The molecule has 1 saturated heterocycles. The SMILES string of the molecule is Clc1cccc2c1NCCC2C1CCOC1. The van der Waals surface area contributed by atoms with E-state index >= 15 is 0 Å². The van der Waals surface area contributed by atoms with E-state index in [4.69, 9.17) is 16.3 Å². The molecule has 2 heterocycles. The van der Waals surface area contributed by atoms with Crippen LogP contribution < -0.4 is 5.32 Å². The van der Waals surface area contributed by atoms with Crippen LogP contribution in [-0.2, 0) is 4.74 Å². The second-order valence-electron chi connectivity index (χ2n) is 4.65. The quantitative estimate of drug-likeness (QED) is 0.810. The smallest absolute Gasteiger partial charge is 0.0640 e. The van der Waals surface area contributed by atoms with Gasteiger partial charge in [0.15, 0.2) is 0 Å². The maximum atomic E-state index is 6.22. The van der Waals surface area contributed by atoms with Crippen molar-refractivity contribution in [1.29, 1.82) is 0 Å². The summed E-state index contributed by atoms with van der Waals surface area (Å²) in [7, 11) is 0. The van der Waals surface area contributed by atoms with E-state index < -0.39 is 0 Å². The van der Waals surface area contributed by atoms with Crippen molar-refractivity contribution in [2.75, 3.05) is 25.1 Å². The summed E-state index contributed by atoms with van der Waals surface area (Å²) < 4.78 is 5.50. The largest absolute Gasteiger partial charge is 0.384 e. The van der Waals surface area contributed by atoms with Gasteiger partial charge in [-0.15, -0.1) is 0 Å². The van der Waals surface area contributed by atoms with E-state index in [1.807, 2.05) is 6.07 Å². The van der Waals surface area contributed by atoms with E-state index in [2.05, 4.69) is 17.4 Å². The topological polar surface area (TPSA) is 21.3 Å². The Bertz CT molecular complexity index is 388. The number of para-hydroxylation sites is 1. The first-order chi connectivity index (χ1) is 7.86. The summed E-state index contributed by atoms with van der Waals surface area (Å²) in [4.78, 5) is 0. The number of fused-ring (bicyclic) bond motifs is 1.